The Morgan fingerprint density at radius 3 is 3.06 bits per heavy atom. The molecule has 1 N–H and O–H groups in total. The molecule has 5 nitrogen and oxygen atoms in total. The lowest BCUT2D eigenvalue weighted by Crippen LogP contribution is -2.08. The average Bonchev–Trinajstić information content (AvgIpc) is 3.01. The van der Waals surface area contributed by atoms with Crippen LogP contribution >= 0.6 is 12.4 Å². The molecule has 1 unspecified atom stereocenters. The van der Waals surface area contributed by atoms with Gasteiger partial charge in [0.2, 0.25) is 11.7 Å². The van der Waals surface area contributed by atoms with Gasteiger partial charge in [-0.05, 0) is 25.1 Å². The van der Waals surface area contributed by atoms with E-state index in [-0.39, 0.29) is 12.4 Å². The summed E-state index contributed by atoms with van der Waals surface area (Å²) in [4.78, 5) is 8.44. The Hall–Kier alpha value is -1.46. The van der Waals surface area contributed by atoms with Gasteiger partial charge in [-0.25, -0.2) is 0 Å². The third kappa shape index (κ3) is 2.45. The van der Waals surface area contributed by atoms with Crippen molar-refractivity contribution in [2.45, 2.75) is 12.3 Å². The largest absolute Gasteiger partial charge is 0.339 e. The van der Waals surface area contributed by atoms with E-state index >= 15 is 0 Å². The molecule has 0 amide bonds. The smallest absolute Gasteiger partial charge is 0.231 e. The van der Waals surface area contributed by atoms with Crippen LogP contribution in [-0.4, -0.2) is 28.2 Å². The SMILES string of the molecule is Cl.c1cncc(-c2noc(C3CCNC3)n2)c1. The van der Waals surface area contributed by atoms with Gasteiger partial charge < -0.3 is 9.84 Å². The number of hydrogen-bond acceptors (Lipinski definition) is 5. The molecule has 0 aromatic carbocycles. The molecule has 0 saturated carbocycles. The summed E-state index contributed by atoms with van der Waals surface area (Å²) in [6, 6.07) is 3.79. The van der Waals surface area contributed by atoms with E-state index in [2.05, 4.69) is 20.4 Å². The van der Waals surface area contributed by atoms with Crippen LogP contribution in [0.2, 0.25) is 0 Å². The van der Waals surface area contributed by atoms with Gasteiger partial charge in [0.25, 0.3) is 0 Å². The molecule has 6 heteroatoms. The van der Waals surface area contributed by atoms with Crippen LogP contribution < -0.4 is 5.32 Å². The highest BCUT2D eigenvalue weighted by molar-refractivity contribution is 5.85. The number of hydrogen-bond donors (Lipinski definition) is 1. The van der Waals surface area contributed by atoms with Gasteiger partial charge in [-0.15, -0.1) is 12.4 Å². The van der Waals surface area contributed by atoms with Crippen molar-refractivity contribution in [1.82, 2.24) is 20.4 Å². The highest BCUT2D eigenvalue weighted by atomic mass is 35.5. The molecule has 1 atom stereocenters. The second kappa shape index (κ2) is 5.25. The molecular formula is C11H13ClN4O. The average molecular weight is 253 g/mol. The molecule has 17 heavy (non-hydrogen) atoms. The lowest BCUT2D eigenvalue weighted by Gasteiger charge is -1.98. The van der Waals surface area contributed by atoms with Crippen LogP contribution in [0.25, 0.3) is 11.4 Å². The first-order valence-electron chi connectivity index (χ1n) is 5.38. The molecular weight excluding hydrogens is 240 g/mol. The maximum absolute atomic E-state index is 5.27. The predicted octanol–water partition coefficient (Wildman–Crippen LogP) is 1.63. The molecule has 0 bridgehead atoms. The molecule has 90 valence electrons. The van der Waals surface area contributed by atoms with Gasteiger partial charge in [0.1, 0.15) is 0 Å². The third-order valence-electron chi connectivity index (χ3n) is 2.77. The number of pyridine rings is 1. The monoisotopic (exact) mass is 252 g/mol. The molecule has 2 aromatic rings. The molecule has 0 aliphatic carbocycles. The first-order valence-corrected chi connectivity index (χ1v) is 5.38. The zero-order chi connectivity index (χ0) is 10.8. The summed E-state index contributed by atoms with van der Waals surface area (Å²) >= 11 is 0. The molecule has 1 aliphatic rings. The second-order valence-corrected chi connectivity index (χ2v) is 3.89. The van der Waals surface area contributed by atoms with Crippen LogP contribution in [0.5, 0.6) is 0 Å². The van der Waals surface area contributed by atoms with E-state index in [1.54, 1.807) is 12.4 Å². The molecule has 1 saturated heterocycles. The Kier molecular flexibility index (Phi) is 3.71. The summed E-state index contributed by atoms with van der Waals surface area (Å²) in [7, 11) is 0. The van der Waals surface area contributed by atoms with Gasteiger partial charge in [0.15, 0.2) is 0 Å². The molecule has 1 fully saturated rings. The van der Waals surface area contributed by atoms with Crippen LogP contribution in [0.3, 0.4) is 0 Å². The topological polar surface area (TPSA) is 63.8 Å². The third-order valence-corrected chi connectivity index (χ3v) is 2.77. The van der Waals surface area contributed by atoms with E-state index in [0.717, 1.165) is 31.0 Å². The van der Waals surface area contributed by atoms with Gasteiger partial charge >= 0.3 is 0 Å². The molecule has 0 spiro atoms. The molecule has 0 radical (unpaired) electrons. The second-order valence-electron chi connectivity index (χ2n) is 3.89. The standard InChI is InChI=1S/C11H12N4O.ClH/c1-2-8(6-12-4-1)10-14-11(16-15-10)9-3-5-13-7-9;/h1-2,4,6,9,13H,3,5,7H2;1H. The maximum atomic E-state index is 5.27. The fourth-order valence-corrected chi connectivity index (χ4v) is 1.88. The van der Waals surface area contributed by atoms with Crippen molar-refractivity contribution in [3.63, 3.8) is 0 Å². The number of halogens is 1. The summed E-state index contributed by atoms with van der Waals surface area (Å²) in [6.07, 6.45) is 4.53. The van der Waals surface area contributed by atoms with Crippen LogP contribution in [0, 0.1) is 0 Å². The van der Waals surface area contributed by atoms with Crippen molar-refractivity contribution >= 4 is 12.4 Å². The Bertz CT molecular complexity index is 467. The summed E-state index contributed by atoms with van der Waals surface area (Å²) < 4.78 is 5.27. The van der Waals surface area contributed by atoms with E-state index in [4.69, 9.17) is 4.52 Å². The van der Waals surface area contributed by atoms with E-state index in [0.29, 0.717) is 11.7 Å². The first-order chi connectivity index (χ1) is 7.93. The lowest BCUT2D eigenvalue weighted by molar-refractivity contribution is 0.359. The van der Waals surface area contributed by atoms with Gasteiger partial charge in [0, 0.05) is 24.5 Å². The molecule has 2 aromatic heterocycles. The number of rotatable bonds is 2. The highest BCUT2D eigenvalue weighted by Crippen LogP contribution is 2.23. The van der Waals surface area contributed by atoms with Crippen molar-refractivity contribution < 1.29 is 4.52 Å². The van der Waals surface area contributed by atoms with E-state index in [1.165, 1.54) is 0 Å². The molecule has 3 rings (SSSR count). The fourth-order valence-electron chi connectivity index (χ4n) is 1.88. The van der Waals surface area contributed by atoms with Crippen molar-refractivity contribution in [3.05, 3.63) is 30.4 Å². The minimum absolute atomic E-state index is 0. The Morgan fingerprint density at radius 1 is 1.41 bits per heavy atom. The first kappa shape index (κ1) is 12.0. The number of aromatic nitrogens is 3. The normalized spacial score (nSPS) is 18.9. The number of nitrogens with one attached hydrogen (secondary N) is 1. The van der Waals surface area contributed by atoms with E-state index in [1.807, 2.05) is 12.1 Å². The van der Waals surface area contributed by atoms with Crippen molar-refractivity contribution in [2.75, 3.05) is 13.1 Å². The van der Waals surface area contributed by atoms with Crippen LogP contribution in [0.1, 0.15) is 18.2 Å². The van der Waals surface area contributed by atoms with Crippen molar-refractivity contribution in [3.8, 4) is 11.4 Å². The summed E-state index contributed by atoms with van der Waals surface area (Å²) in [5.74, 6) is 1.71. The summed E-state index contributed by atoms with van der Waals surface area (Å²) in [5, 5.41) is 7.26. The minimum atomic E-state index is 0. The number of nitrogens with zero attached hydrogens (tertiary/aromatic N) is 3. The van der Waals surface area contributed by atoms with Crippen LogP contribution in [0.4, 0.5) is 0 Å². The van der Waals surface area contributed by atoms with E-state index < -0.39 is 0 Å². The zero-order valence-corrected chi connectivity index (χ0v) is 9.98. The quantitative estimate of drug-likeness (QED) is 0.880. The van der Waals surface area contributed by atoms with Gasteiger partial charge in [0.05, 0.1) is 5.92 Å². The molecule has 3 heterocycles. The van der Waals surface area contributed by atoms with Gasteiger partial charge in [-0.3, -0.25) is 4.98 Å². The highest BCUT2D eigenvalue weighted by Gasteiger charge is 2.22. The summed E-state index contributed by atoms with van der Waals surface area (Å²) in [5.41, 5.74) is 0.892. The Balaban J connectivity index is 0.00000108. The summed E-state index contributed by atoms with van der Waals surface area (Å²) in [6.45, 7) is 1.95. The predicted molar refractivity (Wildman–Crippen MR) is 65.0 cm³/mol. The minimum Gasteiger partial charge on any atom is -0.339 e. The van der Waals surface area contributed by atoms with Crippen LogP contribution in [0.15, 0.2) is 29.0 Å². The molecule has 1 aliphatic heterocycles. The Labute approximate surface area is 105 Å². The van der Waals surface area contributed by atoms with Crippen LogP contribution in [-0.2, 0) is 0 Å². The maximum Gasteiger partial charge on any atom is 0.231 e. The zero-order valence-electron chi connectivity index (χ0n) is 9.17. The van der Waals surface area contributed by atoms with Gasteiger partial charge in [-0.1, -0.05) is 5.16 Å². The lowest BCUT2D eigenvalue weighted by atomic mass is 10.1. The van der Waals surface area contributed by atoms with Crippen molar-refractivity contribution in [2.24, 2.45) is 0 Å². The Morgan fingerprint density at radius 2 is 2.35 bits per heavy atom. The van der Waals surface area contributed by atoms with E-state index in [9.17, 15) is 0 Å². The van der Waals surface area contributed by atoms with Gasteiger partial charge in [-0.2, -0.15) is 4.98 Å². The fraction of sp³-hybridized carbons (Fsp3) is 0.364. The van der Waals surface area contributed by atoms with Crippen molar-refractivity contribution in [1.29, 1.82) is 0 Å².